The Labute approximate surface area is 53.1 Å². The van der Waals surface area contributed by atoms with Crippen LogP contribution in [0.1, 0.15) is 6.92 Å². The monoisotopic (exact) mass is 131 g/mol. The molecule has 0 aromatic heterocycles. The Morgan fingerprint density at radius 2 is 2.00 bits per heavy atom. The summed E-state index contributed by atoms with van der Waals surface area (Å²) in [5, 5.41) is 8.14. The van der Waals surface area contributed by atoms with Gasteiger partial charge in [0, 0.05) is 14.0 Å². The molecule has 9 heavy (non-hydrogen) atoms. The lowest BCUT2D eigenvalue weighted by molar-refractivity contribution is -0.142. The number of hydrogen-bond donors (Lipinski definition) is 1. The number of amides is 1. The molecular formula is C5H9NO3. The zero-order valence-corrected chi connectivity index (χ0v) is 5.42. The smallest absolute Gasteiger partial charge is 0.323 e. The van der Waals surface area contributed by atoms with E-state index in [0.29, 0.717) is 0 Å². The number of nitrogens with zero attached hydrogens (tertiary/aromatic N) is 1. The van der Waals surface area contributed by atoms with Gasteiger partial charge in [-0.2, -0.15) is 0 Å². The number of carboxylic acid groups (broad SMARTS) is 1. The highest BCUT2D eigenvalue weighted by molar-refractivity contribution is 5.79. The SMILES string of the molecule is CC(=O)N(C)CC(=O)O. The van der Waals surface area contributed by atoms with Crippen LogP contribution in [0.25, 0.3) is 0 Å². The predicted molar refractivity (Wildman–Crippen MR) is 30.9 cm³/mol. The number of likely N-dealkylation sites (N-methyl/N-ethyl adjacent to an activating group) is 1. The minimum Gasteiger partial charge on any atom is -0.480 e. The number of rotatable bonds is 2. The van der Waals surface area contributed by atoms with Crippen LogP contribution in [0.5, 0.6) is 0 Å². The largest absolute Gasteiger partial charge is 0.480 e. The molecule has 0 fully saturated rings. The molecule has 1 amide bonds. The van der Waals surface area contributed by atoms with E-state index >= 15 is 0 Å². The van der Waals surface area contributed by atoms with Crippen LogP contribution in [0.15, 0.2) is 0 Å². The Bertz CT molecular complexity index is 132. The highest BCUT2D eigenvalue weighted by Crippen LogP contribution is 1.80. The molecule has 0 aliphatic heterocycles. The van der Waals surface area contributed by atoms with E-state index in [2.05, 4.69) is 0 Å². The summed E-state index contributed by atoms with van der Waals surface area (Å²) < 4.78 is 0. The van der Waals surface area contributed by atoms with Crippen molar-refractivity contribution in [1.82, 2.24) is 4.90 Å². The van der Waals surface area contributed by atoms with Gasteiger partial charge in [-0.3, -0.25) is 9.59 Å². The molecule has 4 nitrogen and oxygen atoms in total. The Kier molecular flexibility index (Phi) is 2.70. The second kappa shape index (κ2) is 3.06. The topological polar surface area (TPSA) is 57.6 Å². The van der Waals surface area contributed by atoms with Gasteiger partial charge in [0.15, 0.2) is 0 Å². The van der Waals surface area contributed by atoms with E-state index in [1.54, 1.807) is 0 Å². The number of carbonyl (C=O) groups is 2. The van der Waals surface area contributed by atoms with Gasteiger partial charge in [-0.15, -0.1) is 0 Å². The predicted octanol–water partition coefficient (Wildman–Crippen LogP) is -0.451. The summed E-state index contributed by atoms with van der Waals surface area (Å²) in [6.07, 6.45) is 0. The van der Waals surface area contributed by atoms with Crippen LogP contribution >= 0.6 is 0 Å². The maximum atomic E-state index is 10.3. The lowest BCUT2D eigenvalue weighted by Gasteiger charge is -2.09. The number of hydrogen-bond acceptors (Lipinski definition) is 2. The fourth-order valence-electron chi connectivity index (χ4n) is 0.314. The van der Waals surface area contributed by atoms with Crippen LogP contribution < -0.4 is 0 Å². The van der Waals surface area contributed by atoms with Gasteiger partial charge in [0.1, 0.15) is 6.54 Å². The molecule has 0 unspecified atom stereocenters. The lowest BCUT2D eigenvalue weighted by atomic mass is 10.5. The quantitative estimate of drug-likeness (QED) is 0.552. The summed E-state index contributed by atoms with van der Waals surface area (Å²) >= 11 is 0. The third-order valence-electron chi connectivity index (χ3n) is 0.910. The molecule has 0 atom stereocenters. The first-order valence-corrected chi connectivity index (χ1v) is 2.47. The van der Waals surface area contributed by atoms with Crippen molar-refractivity contribution in [2.45, 2.75) is 6.92 Å². The molecule has 0 rings (SSSR count). The zero-order valence-electron chi connectivity index (χ0n) is 5.42. The molecule has 4 heteroatoms. The summed E-state index contributed by atoms with van der Waals surface area (Å²) in [7, 11) is 1.44. The van der Waals surface area contributed by atoms with Crippen molar-refractivity contribution in [2.24, 2.45) is 0 Å². The Hall–Kier alpha value is -1.06. The minimum atomic E-state index is -0.993. The first kappa shape index (κ1) is 7.94. The summed E-state index contributed by atoms with van der Waals surface area (Å²) in [4.78, 5) is 21.4. The second-order valence-corrected chi connectivity index (χ2v) is 1.77. The van der Waals surface area contributed by atoms with Crippen LogP contribution in [-0.2, 0) is 9.59 Å². The van der Waals surface area contributed by atoms with Crippen LogP contribution in [0.4, 0.5) is 0 Å². The summed E-state index contributed by atoms with van der Waals surface area (Å²) in [5.74, 6) is -1.23. The average molecular weight is 131 g/mol. The molecule has 52 valence electrons. The van der Waals surface area contributed by atoms with Gasteiger partial charge in [0.05, 0.1) is 0 Å². The fraction of sp³-hybridized carbons (Fsp3) is 0.600. The van der Waals surface area contributed by atoms with Crippen LogP contribution in [0.3, 0.4) is 0 Å². The highest BCUT2D eigenvalue weighted by Gasteiger charge is 2.05. The van der Waals surface area contributed by atoms with Gasteiger partial charge < -0.3 is 10.0 Å². The maximum absolute atomic E-state index is 10.3. The third-order valence-corrected chi connectivity index (χ3v) is 0.910. The Morgan fingerprint density at radius 3 is 2.11 bits per heavy atom. The van der Waals surface area contributed by atoms with Crippen molar-refractivity contribution in [3.05, 3.63) is 0 Å². The number of carboxylic acids is 1. The maximum Gasteiger partial charge on any atom is 0.323 e. The van der Waals surface area contributed by atoms with Crippen LogP contribution in [0.2, 0.25) is 0 Å². The molecule has 0 radical (unpaired) electrons. The first-order chi connectivity index (χ1) is 4.04. The van der Waals surface area contributed by atoms with E-state index in [0.717, 1.165) is 4.90 Å². The van der Waals surface area contributed by atoms with Crippen molar-refractivity contribution >= 4 is 11.9 Å². The Balaban J connectivity index is 3.63. The molecule has 0 aliphatic rings. The van der Waals surface area contributed by atoms with Crippen molar-refractivity contribution < 1.29 is 14.7 Å². The highest BCUT2D eigenvalue weighted by atomic mass is 16.4. The van der Waals surface area contributed by atoms with Gasteiger partial charge in [-0.05, 0) is 0 Å². The molecule has 0 aromatic carbocycles. The van der Waals surface area contributed by atoms with Crippen molar-refractivity contribution in [3.8, 4) is 0 Å². The molecule has 0 saturated carbocycles. The van der Waals surface area contributed by atoms with E-state index in [1.165, 1.54) is 14.0 Å². The molecule has 0 bridgehead atoms. The van der Waals surface area contributed by atoms with Gasteiger partial charge in [0.25, 0.3) is 0 Å². The standard InChI is InChI=1S/C5H9NO3/c1-4(7)6(2)3-5(8)9/h3H2,1-2H3,(H,8,9). The van der Waals surface area contributed by atoms with Crippen molar-refractivity contribution in [3.63, 3.8) is 0 Å². The molecule has 0 spiro atoms. The molecule has 0 aromatic rings. The molecule has 0 heterocycles. The van der Waals surface area contributed by atoms with Crippen molar-refractivity contribution in [1.29, 1.82) is 0 Å². The normalized spacial score (nSPS) is 8.67. The fourth-order valence-corrected chi connectivity index (χ4v) is 0.314. The summed E-state index contributed by atoms with van der Waals surface area (Å²) in [6, 6.07) is 0. The van der Waals surface area contributed by atoms with E-state index in [1.807, 2.05) is 0 Å². The van der Waals surface area contributed by atoms with E-state index in [-0.39, 0.29) is 12.5 Å². The Morgan fingerprint density at radius 1 is 1.56 bits per heavy atom. The first-order valence-electron chi connectivity index (χ1n) is 2.47. The van der Waals surface area contributed by atoms with Crippen molar-refractivity contribution in [2.75, 3.05) is 13.6 Å². The van der Waals surface area contributed by atoms with Gasteiger partial charge in [0.2, 0.25) is 5.91 Å². The molecule has 0 aliphatic carbocycles. The van der Waals surface area contributed by atoms with E-state index in [4.69, 9.17) is 5.11 Å². The van der Waals surface area contributed by atoms with E-state index < -0.39 is 5.97 Å². The van der Waals surface area contributed by atoms with Gasteiger partial charge in [-0.1, -0.05) is 0 Å². The third kappa shape index (κ3) is 3.52. The number of carbonyl (C=O) groups excluding carboxylic acids is 1. The summed E-state index contributed by atoms with van der Waals surface area (Å²) in [6.45, 7) is 1.10. The molecule has 0 saturated heterocycles. The summed E-state index contributed by atoms with van der Waals surface area (Å²) in [5.41, 5.74) is 0. The zero-order chi connectivity index (χ0) is 7.44. The van der Waals surface area contributed by atoms with Crippen LogP contribution in [-0.4, -0.2) is 35.5 Å². The van der Waals surface area contributed by atoms with Gasteiger partial charge in [-0.25, -0.2) is 0 Å². The van der Waals surface area contributed by atoms with Gasteiger partial charge >= 0.3 is 5.97 Å². The lowest BCUT2D eigenvalue weighted by Crippen LogP contribution is -2.29. The van der Waals surface area contributed by atoms with Crippen LogP contribution in [0, 0.1) is 0 Å². The minimum absolute atomic E-state index is 0.227. The number of aliphatic carboxylic acids is 1. The second-order valence-electron chi connectivity index (χ2n) is 1.77. The van der Waals surface area contributed by atoms with E-state index in [9.17, 15) is 9.59 Å². The average Bonchev–Trinajstić information content (AvgIpc) is 1.63. The molecular weight excluding hydrogens is 122 g/mol. The molecule has 1 N–H and O–H groups in total.